The Kier molecular flexibility index (Phi) is 9.56. The Labute approximate surface area is 205 Å². The van der Waals surface area contributed by atoms with E-state index in [9.17, 15) is 5.26 Å². The number of halogens is 1. The Balaban J connectivity index is 1.46. The summed E-state index contributed by atoms with van der Waals surface area (Å²) in [5.41, 5.74) is 1.10. The fraction of sp³-hybridized carbons (Fsp3) is 0.741. The fourth-order valence-corrected chi connectivity index (χ4v) is 6.27. The molecule has 1 unspecified atom stereocenters. The van der Waals surface area contributed by atoms with E-state index in [1.54, 1.807) is 0 Å². The number of alkyl halides is 1. The van der Waals surface area contributed by atoms with Gasteiger partial charge in [0.1, 0.15) is 0 Å². The molecule has 180 valence electrons. The first kappa shape index (κ1) is 25.1. The van der Waals surface area contributed by atoms with Crippen molar-refractivity contribution in [3.63, 3.8) is 0 Å². The Hall–Kier alpha value is -1.06. The van der Waals surface area contributed by atoms with Crippen molar-refractivity contribution in [1.29, 1.82) is 5.26 Å². The van der Waals surface area contributed by atoms with Crippen molar-refractivity contribution < 1.29 is 14.0 Å². The summed E-state index contributed by atoms with van der Waals surface area (Å²) < 4.78 is 19.6. The predicted molar refractivity (Wildman–Crippen MR) is 133 cm³/mol. The molecule has 3 aliphatic rings. The summed E-state index contributed by atoms with van der Waals surface area (Å²) in [7, 11) is -0.475. The molecule has 4 rings (SSSR count). The summed E-state index contributed by atoms with van der Waals surface area (Å²) >= 11 is 7.04. The van der Waals surface area contributed by atoms with Crippen LogP contribution in [0.3, 0.4) is 0 Å². The molecule has 1 aromatic rings. The second-order valence-electron chi connectivity index (χ2n) is 10.4. The Morgan fingerprint density at radius 1 is 0.970 bits per heavy atom. The Morgan fingerprint density at radius 2 is 1.52 bits per heavy atom. The number of hydrogen-bond acceptors (Lipinski definition) is 4. The summed E-state index contributed by atoms with van der Waals surface area (Å²) in [4.78, 5) is 0. The minimum Gasteiger partial charge on any atom is -0.404 e. The summed E-state index contributed by atoms with van der Waals surface area (Å²) in [6.07, 6.45) is 13.3. The highest BCUT2D eigenvalue weighted by Crippen LogP contribution is 2.41. The molecule has 3 fully saturated rings. The van der Waals surface area contributed by atoms with Crippen LogP contribution in [0, 0.1) is 29.1 Å². The topological polar surface area (TPSA) is 51.5 Å². The van der Waals surface area contributed by atoms with Crippen molar-refractivity contribution in [2.24, 2.45) is 17.8 Å². The lowest BCUT2D eigenvalue weighted by Gasteiger charge is -2.35. The average molecular weight is 472 g/mol. The van der Waals surface area contributed by atoms with Gasteiger partial charge in [0.25, 0.3) is 0 Å². The van der Waals surface area contributed by atoms with Gasteiger partial charge < -0.3 is 14.0 Å². The van der Waals surface area contributed by atoms with Crippen LogP contribution in [0.15, 0.2) is 30.3 Å². The SMILES string of the molecule is CC(C#N)C[C@H](OCc1ccccc1)[C@@H](Cl)B1O[C@H](C2CCCCC2)[C@@H](C2CCCCC2)O1. The first-order valence-corrected chi connectivity index (χ1v) is 13.6. The van der Waals surface area contributed by atoms with E-state index in [4.69, 9.17) is 25.6 Å². The minimum atomic E-state index is -0.475. The van der Waals surface area contributed by atoms with Crippen LogP contribution in [0.2, 0.25) is 0 Å². The zero-order valence-electron chi connectivity index (χ0n) is 20.0. The number of ether oxygens (including phenoxy) is 1. The van der Waals surface area contributed by atoms with Crippen LogP contribution in [-0.2, 0) is 20.7 Å². The van der Waals surface area contributed by atoms with Crippen LogP contribution >= 0.6 is 11.6 Å². The molecule has 33 heavy (non-hydrogen) atoms. The third-order valence-corrected chi connectivity index (χ3v) is 8.35. The molecule has 0 N–H and O–H groups in total. The van der Waals surface area contributed by atoms with Gasteiger partial charge in [0.15, 0.2) is 0 Å². The summed E-state index contributed by atoms with van der Waals surface area (Å²) in [6, 6.07) is 12.5. The lowest BCUT2D eigenvalue weighted by atomic mass is 9.77. The number of nitrogens with zero attached hydrogens (tertiary/aromatic N) is 1. The summed E-state index contributed by atoms with van der Waals surface area (Å²) in [5.74, 6) is 0.999. The minimum absolute atomic E-state index is 0.141. The number of rotatable bonds is 9. The van der Waals surface area contributed by atoms with Crippen LogP contribution in [0.1, 0.15) is 83.1 Å². The molecular formula is C27H39BClNO3. The molecule has 1 saturated heterocycles. The van der Waals surface area contributed by atoms with E-state index in [2.05, 4.69) is 18.2 Å². The molecule has 0 radical (unpaired) electrons. The van der Waals surface area contributed by atoms with Crippen molar-refractivity contribution >= 4 is 18.7 Å². The molecular weight excluding hydrogens is 433 g/mol. The molecule has 4 nitrogen and oxygen atoms in total. The molecule has 1 aliphatic heterocycles. The highest BCUT2D eigenvalue weighted by Gasteiger charge is 2.51. The zero-order valence-corrected chi connectivity index (χ0v) is 20.8. The maximum absolute atomic E-state index is 9.43. The third kappa shape index (κ3) is 6.76. The van der Waals surface area contributed by atoms with Gasteiger partial charge in [-0.25, -0.2) is 0 Å². The van der Waals surface area contributed by atoms with E-state index in [1.807, 2.05) is 25.1 Å². The van der Waals surface area contributed by atoms with Gasteiger partial charge in [0.2, 0.25) is 0 Å². The van der Waals surface area contributed by atoms with Gasteiger partial charge in [-0.3, -0.25) is 0 Å². The second kappa shape index (κ2) is 12.6. The van der Waals surface area contributed by atoms with Crippen molar-refractivity contribution in [2.45, 2.75) is 108 Å². The van der Waals surface area contributed by atoms with Crippen LogP contribution in [-0.4, -0.2) is 30.7 Å². The quantitative estimate of drug-likeness (QED) is 0.297. The molecule has 1 aromatic carbocycles. The van der Waals surface area contributed by atoms with Gasteiger partial charge in [-0.1, -0.05) is 68.9 Å². The largest absolute Gasteiger partial charge is 0.479 e. The van der Waals surface area contributed by atoms with Crippen LogP contribution in [0.4, 0.5) is 0 Å². The molecule has 0 spiro atoms. The van der Waals surface area contributed by atoms with E-state index < -0.39 is 12.4 Å². The molecule has 0 amide bonds. The van der Waals surface area contributed by atoms with Crippen molar-refractivity contribution in [2.75, 3.05) is 0 Å². The number of nitriles is 1. The van der Waals surface area contributed by atoms with Crippen LogP contribution in [0.5, 0.6) is 0 Å². The lowest BCUT2D eigenvalue weighted by molar-refractivity contribution is 0.0324. The maximum Gasteiger partial charge on any atom is 0.479 e. The van der Waals surface area contributed by atoms with Crippen molar-refractivity contribution in [1.82, 2.24) is 0 Å². The normalized spacial score (nSPS) is 27.7. The van der Waals surface area contributed by atoms with Gasteiger partial charge in [0, 0.05) is 5.92 Å². The lowest BCUT2D eigenvalue weighted by Crippen LogP contribution is -2.41. The van der Waals surface area contributed by atoms with Crippen LogP contribution < -0.4 is 0 Å². The van der Waals surface area contributed by atoms with E-state index in [1.165, 1.54) is 64.2 Å². The summed E-state index contributed by atoms with van der Waals surface area (Å²) in [5, 5.41) is 8.99. The van der Waals surface area contributed by atoms with Gasteiger partial charge >= 0.3 is 7.12 Å². The first-order chi connectivity index (χ1) is 16.2. The molecule has 0 bridgehead atoms. The van der Waals surface area contributed by atoms with E-state index in [0.717, 1.165) is 5.56 Å². The van der Waals surface area contributed by atoms with E-state index >= 15 is 0 Å². The van der Waals surface area contributed by atoms with Gasteiger partial charge in [-0.05, 0) is 56.4 Å². The number of hydrogen-bond donors (Lipinski definition) is 0. The maximum atomic E-state index is 9.43. The highest BCUT2D eigenvalue weighted by molar-refractivity contribution is 6.60. The predicted octanol–water partition coefficient (Wildman–Crippen LogP) is 6.70. The number of benzene rings is 1. The molecule has 1 heterocycles. The smallest absolute Gasteiger partial charge is 0.404 e. The molecule has 2 aliphatic carbocycles. The van der Waals surface area contributed by atoms with Gasteiger partial charge in [0.05, 0.1) is 36.3 Å². The van der Waals surface area contributed by atoms with Gasteiger partial charge in [-0.15, -0.1) is 11.6 Å². The summed E-state index contributed by atoms with van der Waals surface area (Å²) in [6.45, 7) is 2.40. The second-order valence-corrected chi connectivity index (χ2v) is 10.9. The molecule has 5 atom stereocenters. The third-order valence-electron chi connectivity index (χ3n) is 7.86. The monoisotopic (exact) mass is 471 g/mol. The molecule has 0 aromatic heterocycles. The van der Waals surface area contributed by atoms with E-state index in [0.29, 0.717) is 24.9 Å². The van der Waals surface area contributed by atoms with E-state index in [-0.39, 0.29) is 24.2 Å². The van der Waals surface area contributed by atoms with Gasteiger partial charge in [-0.2, -0.15) is 5.26 Å². The van der Waals surface area contributed by atoms with Crippen molar-refractivity contribution in [3.05, 3.63) is 35.9 Å². The van der Waals surface area contributed by atoms with Crippen LogP contribution in [0.25, 0.3) is 0 Å². The highest BCUT2D eigenvalue weighted by atomic mass is 35.5. The fourth-order valence-electron chi connectivity index (χ4n) is 5.97. The zero-order chi connectivity index (χ0) is 23.0. The molecule has 2 saturated carbocycles. The first-order valence-electron chi connectivity index (χ1n) is 13.2. The Morgan fingerprint density at radius 3 is 2.03 bits per heavy atom. The average Bonchev–Trinajstić information content (AvgIpc) is 3.33. The molecule has 6 heteroatoms. The van der Waals surface area contributed by atoms with Crippen molar-refractivity contribution in [3.8, 4) is 6.07 Å². The Bertz CT molecular complexity index is 721. The standard InChI is InChI=1S/C27H39BClNO3/c1-20(18-30)17-24(31-19-21-11-5-2-6-12-21)27(29)28-32-25(22-13-7-3-8-14-22)26(33-28)23-15-9-4-10-16-23/h2,5-6,11-12,20,22-27H,3-4,7-10,13-17,19H2,1H3/t20?,24-,25+,26+,27+/m0/s1.